The molecule has 0 saturated heterocycles. The van der Waals surface area contributed by atoms with Crippen LogP contribution in [-0.2, 0) is 0 Å². The summed E-state index contributed by atoms with van der Waals surface area (Å²) < 4.78 is 25.0. The molecule has 0 bridgehead atoms. The van der Waals surface area contributed by atoms with E-state index in [1.807, 2.05) is 0 Å². The van der Waals surface area contributed by atoms with Gasteiger partial charge in [0.25, 0.3) is 0 Å². The van der Waals surface area contributed by atoms with E-state index in [0.29, 0.717) is 6.07 Å². The van der Waals surface area contributed by atoms with Gasteiger partial charge in [-0.15, -0.1) is 6.42 Å². The molecule has 1 aromatic rings. The van der Waals surface area contributed by atoms with Gasteiger partial charge in [0, 0.05) is 11.6 Å². The molecule has 0 aliphatic carbocycles. The lowest BCUT2D eigenvalue weighted by atomic mass is 10.2. The standard InChI is InChI=1S/C8H3ClF2/c1-2-5-3-6(10)4-7(11)8(5)9/h1,3-4H. The smallest absolute Gasteiger partial charge is 0.145 e. The minimum Gasteiger partial charge on any atom is -0.207 e. The molecule has 0 spiro atoms. The van der Waals surface area contributed by atoms with Crippen molar-refractivity contribution in [2.75, 3.05) is 0 Å². The molecule has 0 atom stereocenters. The Morgan fingerprint density at radius 1 is 1.36 bits per heavy atom. The van der Waals surface area contributed by atoms with E-state index >= 15 is 0 Å². The van der Waals surface area contributed by atoms with E-state index in [0.717, 1.165) is 6.07 Å². The van der Waals surface area contributed by atoms with Crippen molar-refractivity contribution in [3.63, 3.8) is 0 Å². The van der Waals surface area contributed by atoms with Gasteiger partial charge in [-0.2, -0.15) is 0 Å². The van der Waals surface area contributed by atoms with Crippen LogP contribution in [0.25, 0.3) is 0 Å². The van der Waals surface area contributed by atoms with Gasteiger partial charge < -0.3 is 0 Å². The summed E-state index contributed by atoms with van der Waals surface area (Å²) in [7, 11) is 0. The molecule has 0 unspecified atom stereocenters. The zero-order valence-corrected chi connectivity index (χ0v) is 6.12. The van der Waals surface area contributed by atoms with Crippen LogP contribution in [0.5, 0.6) is 0 Å². The Balaban J connectivity index is 3.39. The average molecular weight is 173 g/mol. The van der Waals surface area contributed by atoms with Gasteiger partial charge in [-0.05, 0) is 6.07 Å². The number of benzene rings is 1. The maximum Gasteiger partial charge on any atom is 0.145 e. The normalized spacial score (nSPS) is 9.27. The summed E-state index contributed by atoms with van der Waals surface area (Å²) in [6, 6.07) is 1.69. The van der Waals surface area contributed by atoms with Crippen LogP contribution in [0.4, 0.5) is 8.78 Å². The Bertz CT molecular complexity index is 326. The van der Waals surface area contributed by atoms with E-state index < -0.39 is 11.6 Å². The van der Waals surface area contributed by atoms with E-state index in [9.17, 15) is 8.78 Å². The van der Waals surface area contributed by atoms with Crippen LogP contribution in [-0.4, -0.2) is 0 Å². The van der Waals surface area contributed by atoms with Crippen molar-refractivity contribution >= 4 is 11.6 Å². The first-order chi connectivity index (χ1) is 5.15. The molecular formula is C8H3ClF2. The maximum atomic E-state index is 12.6. The fourth-order valence-corrected chi connectivity index (χ4v) is 0.825. The topological polar surface area (TPSA) is 0 Å². The fraction of sp³-hybridized carbons (Fsp3) is 0. The fourth-order valence-electron chi connectivity index (χ4n) is 0.661. The first-order valence-corrected chi connectivity index (χ1v) is 3.14. The molecule has 3 heteroatoms. The largest absolute Gasteiger partial charge is 0.207 e. The highest BCUT2D eigenvalue weighted by Crippen LogP contribution is 2.20. The predicted octanol–water partition coefficient (Wildman–Crippen LogP) is 2.60. The quantitative estimate of drug-likeness (QED) is 0.417. The highest BCUT2D eigenvalue weighted by Gasteiger charge is 2.06. The van der Waals surface area contributed by atoms with Gasteiger partial charge in [0.05, 0.1) is 5.02 Å². The van der Waals surface area contributed by atoms with Gasteiger partial charge in [0.2, 0.25) is 0 Å². The second-order valence-corrected chi connectivity index (χ2v) is 2.27. The van der Waals surface area contributed by atoms with Crippen molar-refractivity contribution in [3.8, 4) is 12.3 Å². The highest BCUT2D eigenvalue weighted by atomic mass is 35.5. The Morgan fingerprint density at radius 2 is 2.00 bits per heavy atom. The lowest BCUT2D eigenvalue weighted by Crippen LogP contribution is -1.85. The Labute approximate surface area is 67.8 Å². The summed E-state index contributed by atoms with van der Waals surface area (Å²) in [5, 5.41) is -0.214. The first-order valence-electron chi connectivity index (χ1n) is 2.76. The highest BCUT2D eigenvalue weighted by molar-refractivity contribution is 6.31. The zero-order valence-electron chi connectivity index (χ0n) is 5.37. The summed E-state index contributed by atoms with van der Waals surface area (Å²) in [6.45, 7) is 0. The van der Waals surface area contributed by atoms with Crippen LogP contribution < -0.4 is 0 Å². The maximum absolute atomic E-state index is 12.6. The van der Waals surface area contributed by atoms with Crippen molar-refractivity contribution in [2.45, 2.75) is 0 Å². The molecule has 0 N–H and O–H groups in total. The third kappa shape index (κ3) is 1.50. The minimum atomic E-state index is -0.834. The van der Waals surface area contributed by atoms with Crippen LogP contribution in [0.15, 0.2) is 12.1 Å². The van der Waals surface area contributed by atoms with E-state index in [-0.39, 0.29) is 10.6 Å². The van der Waals surface area contributed by atoms with Gasteiger partial charge in [-0.1, -0.05) is 17.5 Å². The predicted molar refractivity (Wildman–Crippen MR) is 39.3 cm³/mol. The third-order valence-electron chi connectivity index (χ3n) is 1.15. The van der Waals surface area contributed by atoms with Crippen LogP contribution in [0.3, 0.4) is 0 Å². The molecule has 1 aromatic carbocycles. The molecule has 1 rings (SSSR count). The average Bonchev–Trinajstić information content (AvgIpc) is 1.96. The van der Waals surface area contributed by atoms with E-state index in [2.05, 4.69) is 5.92 Å². The SMILES string of the molecule is C#Cc1cc(F)cc(F)c1Cl. The molecule has 0 aliphatic heterocycles. The molecule has 0 fully saturated rings. The van der Waals surface area contributed by atoms with Crippen molar-refractivity contribution < 1.29 is 8.78 Å². The van der Waals surface area contributed by atoms with E-state index in [1.54, 1.807) is 0 Å². The Hall–Kier alpha value is -1.07. The molecule has 0 aliphatic rings. The van der Waals surface area contributed by atoms with Crippen LogP contribution >= 0.6 is 11.6 Å². The molecular weight excluding hydrogens is 170 g/mol. The summed E-state index contributed by atoms with van der Waals surface area (Å²) >= 11 is 5.38. The number of rotatable bonds is 0. The third-order valence-corrected chi connectivity index (χ3v) is 1.53. The molecule has 0 amide bonds. The van der Waals surface area contributed by atoms with Crippen LogP contribution in [0, 0.1) is 24.0 Å². The van der Waals surface area contributed by atoms with E-state index in [1.165, 1.54) is 0 Å². The van der Waals surface area contributed by atoms with Gasteiger partial charge in [-0.25, -0.2) is 8.78 Å². The van der Waals surface area contributed by atoms with Crippen molar-refractivity contribution in [2.24, 2.45) is 0 Å². The summed E-state index contributed by atoms with van der Waals surface area (Å²) in [5.74, 6) is 0.509. The molecule has 0 nitrogen and oxygen atoms in total. The second kappa shape index (κ2) is 2.89. The van der Waals surface area contributed by atoms with Crippen molar-refractivity contribution in [1.29, 1.82) is 0 Å². The lowest BCUT2D eigenvalue weighted by Gasteiger charge is -1.96. The van der Waals surface area contributed by atoms with E-state index in [4.69, 9.17) is 18.0 Å². The molecule has 0 saturated carbocycles. The monoisotopic (exact) mass is 172 g/mol. The number of halogens is 3. The minimum absolute atomic E-state index is 0.0316. The van der Waals surface area contributed by atoms with Crippen molar-refractivity contribution in [1.82, 2.24) is 0 Å². The Kier molecular flexibility index (Phi) is 2.11. The van der Waals surface area contributed by atoms with Gasteiger partial charge in [0.15, 0.2) is 0 Å². The van der Waals surface area contributed by atoms with Gasteiger partial charge in [-0.3, -0.25) is 0 Å². The number of hydrogen-bond donors (Lipinski definition) is 0. The summed E-state index contributed by atoms with van der Waals surface area (Å²) in [4.78, 5) is 0. The Morgan fingerprint density at radius 3 is 2.55 bits per heavy atom. The second-order valence-electron chi connectivity index (χ2n) is 1.89. The number of terminal acetylenes is 1. The van der Waals surface area contributed by atoms with Gasteiger partial charge >= 0.3 is 0 Å². The lowest BCUT2D eigenvalue weighted by molar-refractivity contribution is 0.583. The molecule has 0 radical (unpaired) electrons. The summed E-state index contributed by atoms with van der Waals surface area (Å²) in [5.41, 5.74) is 0.0316. The first kappa shape index (κ1) is 8.03. The molecule has 56 valence electrons. The van der Waals surface area contributed by atoms with Crippen LogP contribution in [0.1, 0.15) is 5.56 Å². The molecule has 0 heterocycles. The van der Waals surface area contributed by atoms with Crippen LogP contribution in [0.2, 0.25) is 5.02 Å². The van der Waals surface area contributed by atoms with Crippen molar-refractivity contribution in [3.05, 3.63) is 34.4 Å². The number of hydrogen-bond acceptors (Lipinski definition) is 0. The molecule has 11 heavy (non-hydrogen) atoms. The molecule has 0 aromatic heterocycles. The summed E-state index contributed by atoms with van der Waals surface area (Å²) in [6.07, 6.45) is 4.92. The zero-order chi connectivity index (χ0) is 8.43. The van der Waals surface area contributed by atoms with Gasteiger partial charge in [0.1, 0.15) is 11.6 Å².